The molecule has 0 atom stereocenters. The lowest BCUT2D eigenvalue weighted by atomic mass is 10.2. The molecule has 126 valence electrons. The van der Waals surface area contributed by atoms with Gasteiger partial charge in [0.25, 0.3) is 5.91 Å². The molecule has 0 saturated carbocycles. The van der Waals surface area contributed by atoms with Gasteiger partial charge < -0.3 is 14.8 Å². The first kappa shape index (κ1) is 18.3. The van der Waals surface area contributed by atoms with E-state index in [-0.39, 0.29) is 25.7 Å². The number of carbonyl (C=O) groups excluding carboxylic acids is 2. The first-order valence-corrected chi connectivity index (χ1v) is 8.29. The van der Waals surface area contributed by atoms with Crippen molar-refractivity contribution in [3.63, 3.8) is 0 Å². The third-order valence-electron chi connectivity index (χ3n) is 2.93. The van der Waals surface area contributed by atoms with E-state index in [2.05, 4.69) is 21.2 Å². The molecule has 0 heterocycles. The highest BCUT2D eigenvalue weighted by atomic mass is 79.9. The third-order valence-corrected chi connectivity index (χ3v) is 3.71. The molecule has 2 aromatic carbocycles. The minimum absolute atomic E-state index is 0.103. The number of ether oxygens (including phenoxy) is 2. The minimum atomic E-state index is -0.531. The number of amides is 1. The number of hydrogen-bond donors (Lipinski definition) is 1. The summed E-state index contributed by atoms with van der Waals surface area (Å²) in [5.74, 6) is -0.211. The Bertz CT molecular complexity index is 689. The fraction of sp³-hybridized carbons (Fsp3) is 0.176. The van der Waals surface area contributed by atoms with E-state index in [9.17, 15) is 9.59 Å². The van der Waals surface area contributed by atoms with Gasteiger partial charge in [-0.25, -0.2) is 0 Å². The van der Waals surface area contributed by atoms with E-state index in [1.54, 1.807) is 36.4 Å². The minimum Gasteiger partial charge on any atom is -0.490 e. The molecule has 0 aliphatic rings. The molecule has 0 aliphatic carbocycles. The Morgan fingerprint density at radius 3 is 2.33 bits per heavy atom. The summed E-state index contributed by atoms with van der Waals surface area (Å²) < 4.78 is 11.4. The third kappa shape index (κ3) is 6.22. The molecule has 0 fully saturated rings. The molecule has 1 N–H and O–H groups in total. The molecule has 0 bridgehead atoms. The molecule has 0 aromatic heterocycles. The quantitative estimate of drug-likeness (QED) is 0.559. The summed E-state index contributed by atoms with van der Waals surface area (Å²) >= 11 is 9.08. The SMILES string of the molecule is O=C(CNC(=O)c1ccc(Cl)cc1)OCCOc1ccc(Br)cc1. The van der Waals surface area contributed by atoms with Crippen LogP contribution in [0.15, 0.2) is 53.0 Å². The van der Waals surface area contributed by atoms with Crippen LogP contribution in [0.5, 0.6) is 5.75 Å². The zero-order chi connectivity index (χ0) is 17.4. The molecule has 1 amide bonds. The van der Waals surface area contributed by atoms with E-state index in [4.69, 9.17) is 21.1 Å². The molecule has 0 aliphatic heterocycles. The van der Waals surface area contributed by atoms with Gasteiger partial charge in [-0.05, 0) is 48.5 Å². The highest BCUT2D eigenvalue weighted by Gasteiger charge is 2.08. The summed E-state index contributed by atoms with van der Waals surface area (Å²) in [6, 6.07) is 13.7. The molecule has 0 saturated heterocycles. The fourth-order valence-electron chi connectivity index (χ4n) is 1.75. The van der Waals surface area contributed by atoms with Gasteiger partial charge in [-0.15, -0.1) is 0 Å². The Labute approximate surface area is 153 Å². The molecule has 24 heavy (non-hydrogen) atoms. The van der Waals surface area contributed by atoms with Crippen molar-refractivity contribution in [2.45, 2.75) is 0 Å². The normalized spacial score (nSPS) is 10.1. The molecule has 2 aromatic rings. The second-order valence-corrected chi connectivity index (χ2v) is 6.06. The van der Waals surface area contributed by atoms with Gasteiger partial charge in [-0.3, -0.25) is 9.59 Å². The second-order valence-electron chi connectivity index (χ2n) is 4.71. The molecule has 0 radical (unpaired) electrons. The van der Waals surface area contributed by atoms with Crippen molar-refractivity contribution in [3.05, 3.63) is 63.6 Å². The van der Waals surface area contributed by atoms with Crippen molar-refractivity contribution in [1.82, 2.24) is 5.32 Å². The van der Waals surface area contributed by atoms with Crippen molar-refractivity contribution in [2.24, 2.45) is 0 Å². The van der Waals surface area contributed by atoms with Crippen LogP contribution in [0.25, 0.3) is 0 Å². The molecule has 7 heteroatoms. The standard InChI is InChI=1S/C17H15BrClNO4/c18-13-3-7-15(8-4-13)23-9-10-24-16(21)11-20-17(22)12-1-5-14(19)6-2-12/h1-8H,9-11H2,(H,20,22). The van der Waals surface area contributed by atoms with E-state index in [1.165, 1.54) is 0 Å². The van der Waals surface area contributed by atoms with E-state index < -0.39 is 5.97 Å². The highest BCUT2D eigenvalue weighted by Crippen LogP contribution is 2.15. The first-order valence-electron chi connectivity index (χ1n) is 7.12. The van der Waals surface area contributed by atoms with Crippen LogP contribution in [-0.4, -0.2) is 31.6 Å². The Morgan fingerprint density at radius 2 is 1.67 bits per heavy atom. The highest BCUT2D eigenvalue weighted by molar-refractivity contribution is 9.10. The average molecular weight is 413 g/mol. The predicted octanol–water partition coefficient (Wildman–Crippen LogP) is 3.45. The number of benzene rings is 2. The number of esters is 1. The van der Waals surface area contributed by atoms with Gasteiger partial charge >= 0.3 is 5.97 Å². The number of nitrogens with one attached hydrogen (secondary N) is 1. The monoisotopic (exact) mass is 411 g/mol. The number of hydrogen-bond acceptors (Lipinski definition) is 4. The average Bonchev–Trinajstić information content (AvgIpc) is 2.59. The van der Waals surface area contributed by atoms with E-state index >= 15 is 0 Å². The summed E-state index contributed by atoms with van der Waals surface area (Å²) in [6.07, 6.45) is 0. The van der Waals surface area contributed by atoms with Crippen LogP contribution in [0.4, 0.5) is 0 Å². The Hall–Kier alpha value is -2.05. The smallest absolute Gasteiger partial charge is 0.325 e. The number of carbonyl (C=O) groups is 2. The van der Waals surface area contributed by atoms with Gasteiger partial charge in [0.15, 0.2) is 0 Å². The fourth-order valence-corrected chi connectivity index (χ4v) is 2.14. The van der Waals surface area contributed by atoms with Crippen molar-refractivity contribution in [1.29, 1.82) is 0 Å². The van der Waals surface area contributed by atoms with Crippen LogP contribution in [0, 0.1) is 0 Å². The van der Waals surface area contributed by atoms with Crippen LogP contribution >= 0.6 is 27.5 Å². The van der Waals surface area contributed by atoms with Crippen LogP contribution in [0.3, 0.4) is 0 Å². The van der Waals surface area contributed by atoms with Crippen LogP contribution in [-0.2, 0) is 9.53 Å². The molecule has 5 nitrogen and oxygen atoms in total. The number of halogens is 2. The lowest BCUT2D eigenvalue weighted by molar-refractivity contribution is -0.143. The van der Waals surface area contributed by atoms with Gasteiger partial charge in [0.1, 0.15) is 25.5 Å². The summed E-state index contributed by atoms with van der Waals surface area (Å²) in [5.41, 5.74) is 0.422. The lowest BCUT2D eigenvalue weighted by Gasteiger charge is -2.08. The Kier molecular flexibility index (Phi) is 7.08. The molecular weight excluding hydrogens is 398 g/mol. The maximum absolute atomic E-state index is 11.8. The lowest BCUT2D eigenvalue weighted by Crippen LogP contribution is -2.31. The van der Waals surface area contributed by atoms with Crippen molar-refractivity contribution in [3.8, 4) is 5.75 Å². The molecule has 2 rings (SSSR count). The van der Waals surface area contributed by atoms with Crippen LogP contribution in [0.2, 0.25) is 5.02 Å². The van der Waals surface area contributed by atoms with Crippen molar-refractivity contribution in [2.75, 3.05) is 19.8 Å². The van der Waals surface area contributed by atoms with Gasteiger partial charge in [0.05, 0.1) is 0 Å². The second kappa shape index (κ2) is 9.30. The maximum Gasteiger partial charge on any atom is 0.325 e. The van der Waals surface area contributed by atoms with Gasteiger partial charge in [0.2, 0.25) is 0 Å². The zero-order valence-electron chi connectivity index (χ0n) is 12.6. The van der Waals surface area contributed by atoms with Crippen molar-refractivity contribution >= 4 is 39.4 Å². The van der Waals surface area contributed by atoms with Crippen molar-refractivity contribution < 1.29 is 19.1 Å². The van der Waals surface area contributed by atoms with Gasteiger partial charge in [-0.1, -0.05) is 27.5 Å². The van der Waals surface area contributed by atoms with E-state index in [0.717, 1.165) is 4.47 Å². The zero-order valence-corrected chi connectivity index (χ0v) is 15.0. The maximum atomic E-state index is 11.8. The molecule has 0 spiro atoms. The van der Waals surface area contributed by atoms with Gasteiger partial charge in [0, 0.05) is 15.1 Å². The van der Waals surface area contributed by atoms with Crippen LogP contribution in [0.1, 0.15) is 10.4 Å². The Balaban J connectivity index is 1.63. The first-order chi connectivity index (χ1) is 11.5. The number of rotatable bonds is 7. The molecule has 0 unspecified atom stereocenters. The topological polar surface area (TPSA) is 64.6 Å². The predicted molar refractivity (Wildman–Crippen MR) is 94.4 cm³/mol. The molecular formula is C17H15BrClNO4. The van der Waals surface area contributed by atoms with E-state index in [0.29, 0.717) is 16.3 Å². The summed E-state index contributed by atoms with van der Waals surface area (Å²) in [5, 5.41) is 3.02. The van der Waals surface area contributed by atoms with Gasteiger partial charge in [-0.2, -0.15) is 0 Å². The summed E-state index contributed by atoms with van der Waals surface area (Å²) in [6.45, 7) is 0.129. The van der Waals surface area contributed by atoms with E-state index in [1.807, 2.05) is 12.1 Å². The Morgan fingerprint density at radius 1 is 1.00 bits per heavy atom. The largest absolute Gasteiger partial charge is 0.490 e. The van der Waals surface area contributed by atoms with Crippen LogP contribution < -0.4 is 10.1 Å². The summed E-state index contributed by atoms with van der Waals surface area (Å²) in [4.78, 5) is 23.4. The summed E-state index contributed by atoms with van der Waals surface area (Å²) in [7, 11) is 0.